The summed E-state index contributed by atoms with van der Waals surface area (Å²) in [6.07, 6.45) is 0. The Hall–Kier alpha value is 3.89. The van der Waals surface area contributed by atoms with Crippen molar-refractivity contribution in [1.82, 2.24) is 0 Å². The van der Waals surface area contributed by atoms with Gasteiger partial charge in [-0.15, -0.1) is 0 Å². The molecule has 0 aliphatic heterocycles. The molecule has 0 atom stereocenters. The van der Waals surface area contributed by atoms with Crippen LogP contribution in [0.4, 0.5) is 0 Å². The average molecular weight is 712 g/mol. The molecule has 0 saturated heterocycles. The molecule has 1 nitrogen and oxygen atoms in total. The molecule has 0 amide bonds. The Labute approximate surface area is 430 Å². The fraction of sp³-hybridized carbons (Fsp3) is 1.00. The van der Waals surface area contributed by atoms with Gasteiger partial charge in [0.15, 0.2) is 0 Å². The first-order valence-corrected chi connectivity index (χ1v) is 21.3. The summed E-state index contributed by atoms with van der Waals surface area (Å²) in [7, 11) is 8.51. The predicted molar refractivity (Wildman–Crippen MR) is 370 cm³/mol. The van der Waals surface area contributed by atoms with E-state index in [9.17, 15) is 0 Å². The average Bonchev–Trinajstić information content (AvgIpc) is 3.32. The summed E-state index contributed by atoms with van der Waals surface area (Å²) in [5, 5.41) is 0. The van der Waals surface area contributed by atoms with Crippen LogP contribution >= 0.6 is 0 Å². The Kier molecular flexibility index (Phi) is 72.0. The normalized spacial score (nSPS) is 7.83. The predicted octanol–water partition coefficient (Wildman–Crippen LogP) is -23.9. The molecule has 2 radical (unpaired) electrons. The molecule has 0 N–H and O–H groups in total. The van der Waals surface area contributed by atoms with Crippen LogP contribution in [0, 0.1) is 0 Å². The molecule has 0 aliphatic rings. The van der Waals surface area contributed by atoms with Crippen LogP contribution in [-0.4, -0.2) is 430 Å². The number of hydrogen-bond acceptors (Lipinski definition) is 1. The second-order valence-electron chi connectivity index (χ2n) is 12.1. The molecule has 0 saturated carbocycles. The Balaban J connectivity index is 4.08. The molecule has 0 aromatic rings. The molecule has 0 fully saturated rings. The molecule has 0 bridgehead atoms. The van der Waals surface area contributed by atoms with Crippen molar-refractivity contribution in [2.75, 3.05) is 7.11 Å². The van der Waals surface area contributed by atoms with Crippen molar-refractivity contribution < 1.29 is 4.65 Å². The van der Waals surface area contributed by atoms with E-state index in [0.717, 1.165) is 0 Å². The van der Waals surface area contributed by atoms with Gasteiger partial charge in [-0.1, -0.05) is 0 Å². The van der Waals surface area contributed by atoms with Gasteiger partial charge in [-0.2, -0.15) is 0 Å². The van der Waals surface area contributed by atoms with Gasteiger partial charge < -0.3 is 0 Å². The van der Waals surface area contributed by atoms with Gasteiger partial charge in [0.1, 0.15) is 0 Å². The summed E-state index contributed by atoms with van der Waals surface area (Å²) < 4.78 is 4.82. The van der Waals surface area contributed by atoms with Gasteiger partial charge in [0.25, 0.3) is 0 Å². The molecular formula is CH3B63O. The number of hydrogen-bond donors (Lipinski definition) is 0. The van der Waals surface area contributed by atoms with Gasteiger partial charge in [-0.05, 0) is 0 Å². The summed E-state index contributed by atoms with van der Waals surface area (Å²) in [6, 6.07) is 0. The fourth-order valence-electron chi connectivity index (χ4n) is 3.91. The molecule has 202 valence electrons. The topological polar surface area (TPSA) is 9.23 Å². The van der Waals surface area contributed by atoms with Crippen molar-refractivity contribution in [3.05, 3.63) is 0 Å². The summed E-state index contributed by atoms with van der Waals surface area (Å²) in [4.78, 5) is 0. The Morgan fingerprint density at radius 3 is 0.338 bits per heavy atom. The quantitative estimate of drug-likeness (QED) is 0.0651. The van der Waals surface area contributed by atoms with E-state index in [-0.39, 0.29) is 0 Å². The van der Waals surface area contributed by atoms with Crippen molar-refractivity contribution in [3.63, 3.8) is 0 Å². The number of rotatable bonds is 31. The van der Waals surface area contributed by atoms with Crippen LogP contribution in [0.25, 0.3) is 0 Å². The third-order valence-electron chi connectivity index (χ3n) is 6.88. The van der Waals surface area contributed by atoms with Gasteiger partial charge >= 0.3 is 435 Å². The van der Waals surface area contributed by atoms with Crippen LogP contribution in [0.1, 0.15) is 0 Å². The third kappa shape index (κ3) is 67.9. The van der Waals surface area contributed by atoms with Gasteiger partial charge in [0.2, 0.25) is 0 Å². The minimum absolute atomic E-state index is 1.50. The van der Waals surface area contributed by atoms with Crippen LogP contribution in [0.15, 0.2) is 0 Å². The summed E-state index contributed by atoms with van der Waals surface area (Å²) >= 11 is 0. The van der Waals surface area contributed by atoms with E-state index in [2.05, 4.69) is 0 Å². The Bertz CT molecular complexity index is 2160. The molecule has 0 unspecified atom stereocenters. The Morgan fingerprint density at radius 1 is 0.154 bits per heavy atom. The molecule has 0 aliphatic carbocycles. The minimum atomic E-state index is 1.50. The third-order valence-corrected chi connectivity index (χ3v) is 6.88. The van der Waals surface area contributed by atoms with E-state index in [1.54, 1.807) is 20.8 Å². The molecule has 0 aromatic carbocycles. The molecule has 0 spiro atoms. The molecule has 0 heterocycles. The van der Waals surface area contributed by atoms with Gasteiger partial charge in [-0.25, -0.2) is 0 Å². The van der Waals surface area contributed by atoms with E-state index < -0.39 is 0 Å². The van der Waals surface area contributed by atoms with Crippen LogP contribution in [0.5, 0.6) is 0 Å². The van der Waals surface area contributed by atoms with Crippen LogP contribution in [-0.2, 0) is 4.65 Å². The summed E-state index contributed by atoms with van der Waals surface area (Å²) in [6.45, 7) is 120. The monoisotopic (exact) mass is 725 g/mol. The maximum atomic E-state index is 5.26. The van der Waals surface area contributed by atoms with E-state index >= 15 is 0 Å². The van der Waals surface area contributed by atoms with Crippen LogP contribution < -0.4 is 0 Å². The van der Waals surface area contributed by atoms with Crippen molar-refractivity contribution in [2.45, 2.75) is 0 Å². The molecule has 0 rings (SSSR count). The zero-order valence-corrected chi connectivity index (χ0v) is 37.8. The van der Waals surface area contributed by atoms with E-state index in [1.807, 2.05) is 395 Å². The second kappa shape index (κ2) is 67.9. The van der Waals surface area contributed by atoms with Gasteiger partial charge in [-0.3, -0.25) is 0 Å². The molecule has 64 heteroatoms. The summed E-state index contributed by atoms with van der Waals surface area (Å²) in [5.41, 5.74) is 0. The Morgan fingerprint density at radius 2 is 0.246 bits per heavy atom. The van der Waals surface area contributed by atoms with E-state index in [4.69, 9.17) is 12.4 Å². The second-order valence-corrected chi connectivity index (χ2v) is 12.1. The fourth-order valence-corrected chi connectivity index (χ4v) is 3.91. The molecule has 65 heavy (non-hydrogen) atoms. The first kappa shape index (κ1) is 68.9. The van der Waals surface area contributed by atoms with Crippen molar-refractivity contribution >= 4 is 423 Å². The SMILES string of the molecule is [B]B=BB=BB=BB=BB=BB=BB=BB=BB=BB=BB=BB=BB=BB=BB=BB=BB=BB=BB=BB=BB=BB=BB=BB=BB=BB=BB=BB=BB=BB=BB=BOC. The maximum absolute atomic E-state index is 5.26. The van der Waals surface area contributed by atoms with Crippen LogP contribution in [0.3, 0.4) is 0 Å². The van der Waals surface area contributed by atoms with Crippen LogP contribution in [0.2, 0.25) is 0 Å². The van der Waals surface area contributed by atoms with Gasteiger partial charge in [0, 0.05) is 0 Å². The first-order valence-electron chi connectivity index (χ1n) is 21.3. The van der Waals surface area contributed by atoms with Crippen molar-refractivity contribution in [2.24, 2.45) is 0 Å². The van der Waals surface area contributed by atoms with E-state index in [1.165, 1.54) is 6.69 Å². The standard InChI is InChI=1S/CH3B63O/c1-65-64-63-62-61-60-59-58-57-56-55-54-53-52-51-50-49-48-47-46-45-44-43-42-41-40-39-38-37-36-35-34-33-32-31-30-29-28-27-26-25-24-23-22-21-20-19-18-17-16-15-14-13-12-11-10-9-8-7-6-5-4-3-2/h1H3. The van der Waals surface area contributed by atoms with Crippen molar-refractivity contribution in [3.8, 4) is 0 Å². The van der Waals surface area contributed by atoms with Crippen molar-refractivity contribution in [1.29, 1.82) is 0 Å². The zero-order chi connectivity index (χ0) is 46.5. The molecular weight excluding hydrogens is 709 g/mol. The first-order chi connectivity index (χ1) is 32.4. The zero-order valence-electron chi connectivity index (χ0n) is 37.8. The van der Waals surface area contributed by atoms with E-state index in [0.29, 0.717) is 0 Å². The summed E-state index contributed by atoms with van der Waals surface area (Å²) in [5.74, 6) is 0. The molecule has 0 aromatic heterocycles. The van der Waals surface area contributed by atoms with Gasteiger partial charge in [0.05, 0.1) is 0 Å².